The van der Waals surface area contributed by atoms with E-state index in [-0.39, 0.29) is 23.8 Å². The summed E-state index contributed by atoms with van der Waals surface area (Å²) in [5, 5.41) is 3.44. The van der Waals surface area contributed by atoms with Crippen molar-refractivity contribution in [3.8, 4) is 0 Å². The lowest BCUT2D eigenvalue weighted by molar-refractivity contribution is -0.140. The van der Waals surface area contributed by atoms with Crippen molar-refractivity contribution in [2.75, 3.05) is 17.4 Å². The number of nitrogens with zero attached hydrogens (tertiary/aromatic N) is 2. The highest BCUT2D eigenvalue weighted by atomic mass is 35.5. The molecule has 1 N–H and O–H groups in total. The zero-order valence-electron chi connectivity index (χ0n) is 24.3. The Balaban J connectivity index is 1.79. The van der Waals surface area contributed by atoms with Crippen molar-refractivity contribution in [3.63, 3.8) is 0 Å². The predicted molar refractivity (Wildman–Crippen MR) is 171 cm³/mol. The Kier molecular flexibility index (Phi) is 11.0. The van der Waals surface area contributed by atoms with Crippen molar-refractivity contribution in [3.05, 3.63) is 131 Å². The van der Waals surface area contributed by atoms with E-state index in [1.54, 1.807) is 54.6 Å². The van der Waals surface area contributed by atoms with E-state index in [1.807, 2.05) is 56.3 Å². The van der Waals surface area contributed by atoms with Crippen LogP contribution in [0, 0.1) is 6.92 Å². The molecule has 0 spiro atoms. The molecule has 0 aliphatic carbocycles. The predicted octanol–water partition coefficient (Wildman–Crippen LogP) is 6.01. The maximum absolute atomic E-state index is 14.4. The van der Waals surface area contributed by atoms with Gasteiger partial charge < -0.3 is 10.2 Å². The number of hydrogen-bond donors (Lipinski definition) is 1. The number of carbonyl (C=O) groups is 2. The number of hydrogen-bond acceptors (Lipinski definition) is 4. The number of halogens is 1. The molecule has 0 saturated carbocycles. The summed E-state index contributed by atoms with van der Waals surface area (Å²) < 4.78 is 29.1. The van der Waals surface area contributed by atoms with E-state index in [9.17, 15) is 18.0 Å². The normalized spacial score (nSPS) is 11.9. The molecule has 0 heterocycles. The SMILES string of the molecule is CCCNC(=O)[C@@H](Cc1ccccc1)N(Cc1cccc(Cl)c1)C(=O)CN(c1cccc(C)c1)S(=O)(=O)c1ccccc1. The summed E-state index contributed by atoms with van der Waals surface area (Å²) in [6.45, 7) is 3.81. The third kappa shape index (κ3) is 8.46. The van der Waals surface area contributed by atoms with E-state index < -0.39 is 28.5 Å². The molecule has 0 fully saturated rings. The van der Waals surface area contributed by atoms with Gasteiger partial charge in [-0.25, -0.2) is 8.42 Å². The largest absolute Gasteiger partial charge is 0.354 e. The highest BCUT2D eigenvalue weighted by Crippen LogP contribution is 2.26. The molecule has 0 saturated heterocycles. The molecule has 224 valence electrons. The van der Waals surface area contributed by atoms with Gasteiger partial charge in [-0.2, -0.15) is 0 Å². The fourth-order valence-electron chi connectivity index (χ4n) is 4.78. The average Bonchev–Trinajstić information content (AvgIpc) is 3.01. The first-order valence-electron chi connectivity index (χ1n) is 14.2. The van der Waals surface area contributed by atoms with Gasteiger partial charge in [-0.15, -0.1) is 0 Å². The molecule has 4 aromatic carbocycles. The van der Waals surface area contributed by atoms with Crippen molar-refractivity contribution in [1.29, 1.82) is 0 Å². The maximum Gasteiger partial charge on any atom is 0.264 e. The Morgan fingerprint density at radius 1 is 0.837 bits per heavy atom. The molecule has 1 atom stereocenters. The van der Waals surface area contributed by atoms with Crippen molar-refractivity contribution in [1.82, 2.24) is 10.2 Å². The lowest BCUT2D eigenvalue weighted by Gasteiger charge is -2.34. The Hall–Kier alpha value is -4.14. The summed E-state index contributed by atoms with van der Waals surface area (Å²) in [7, 11) is -4.13. The van der Waals surface area contributed by atoms with E-state index in [0.717, 1.165) is 27.4 Å². The fourth-order valence-corrected chi connectivity index (χ4v) is 6.42. The van der Waals surface area contributed by atoms with Crippen LogP contribution in [0.3, 0.4) is 0 Å². The van der Waals surface area contributed by atoms with Gasteiger partial charge in [0.1, 0.15) is 12.6 Å². The van der Waals surface area contributed by atoms with E-state index in [0.29, 0.717) is 17.3 Å². The molecule has 0 bridgehead atoms. The van der Waals surface area contributed by atoms with Crippen LogP contribution in [0.25, 0.3) is 0 Å². The number of rotatable bonds is 13. The summed E-state index contributed by atoms with van der Waals surface area (Å²) in [5.74, 6) is -0.831. The second kappa shape index (κ2) is 14.8. The minimum atomic E-state index is -4.13. The minimum absolute atomic E-state index is 0.0590. The van der Waals surface area contributed by atoms with Crippen LogP contribution >= 0.6 is 11.6 Å². The topological polar surface area (TPSA) is 86.8 Å². The van der Waals surface area contributed by atoms with Crippen LogP contribution in [0.1, 0.15) is 30.0 Å². The smallest absolute Gasteiger partial charge is 0.264 e. The van der Waals surface area contributed by atoms with E-state index in [2.05, 4.69) is 5.32 Å². The molecule has 0 aromatic heterocycles. The summed E-state index contributed by atoms with van der Waals surface area (Å²) in [6, 6.07) is 30.7. The van der Waals surface area contributed by atoms with Crippen molar-refractivity contribution >= 4 is 39.1 Å². The Morgan fingerprint density at radius 2 is 1.49 bits per heavy atom. The van der Waals surface area contributed by atoms with Gasteiger partial charge >= 0.3 is 0 Å². The van der Waals surface area contributed by atoms with Gasteiger partial charge in [0.15, 0.2) is 0 Å². The van der Waals surface area contributed by atoms with Crippen LogP contribution in [0.15, 0.2) is 114 Å². The van der Waals surface area contributed by atoms with Gasteiger partial charge in [-0.05, 0) is 66.4 Å². The summed E-state index contributed by atoms with van der Waals surface area (Å²) in [4.78, 5) is 29.6. The molecule has 0 radical (unpaired) electrons. The van der Waals surface area contributed by atoms with Gasteiger partial charge in [-0.3, -0.25) is 13.9 Å². The molecule has 43 heavy (non-hydrogen) atoms. The number of benzene rings is 4. The van der Waals surface area contributed by atoms with Crippen LogP contribution in [0.2, 0.25) is 5.02 Å². The zero-order chi connectivity index (χ0) is 30.8. The molecule has 7 nitrogen and oxygen atoms in total. The zero-order valence-corrected chi connectivity index (χ0v) is 25.9. The lowest BCUT2D eigenvalue weighted by Crippen LogP contribution is -2.53. The first-order chi connectivity index (χ1) is 20.7. The van der Waals surface area contributed by atoms with Crippen LogP contribution < -0.4 is 9.62 Å². The Labute approximate surface area is 259 Å². The van der Waals surface area contributed by atoms with Crippen molar-refractivity contribution < 1.29 is 18.0 Å². The Morgan fingerprint density at radius 3 is 2.14 bits per heavy atom. The van der Waals surface area contributed by atoms with E-state index >= 15 is 0 Å². The quantitative estimate of drug-likeness (QED) is 0.199. The number of sulfonamides is 1. The van der Waals surface area contributed by atoms with Crippen LogP contribution in [-0.2, 0) is 32.6 Å². The first kappa shape index (κ1) is 31.8. The first-order valence-corrected chi connectivity index (χ1v) is 16.0. The van der Waals surface area contributed by atoms with Crippen LogP contribution in [0.4, 0.5) is 5.69 Å². The van der Waals surface area contributed by atoms with Crippen molar-refractivity contribution in [2.24, 2.45) is 0 Å². The standard InChI is InChI=1S/C34H36ClN3O4S/c1-3-20-36-34(40)32(23-27-13-6-4-7-14-27)37(24-28-15-11-16-29(35)22-28)33(39)25-38(30-17-10-12-26(2)21-30)43(41,42)31-18-8-5-9-19-31/h4-19,21-22,32H,3,20,23-25H2,1-2H3,(H,36,40)/t32-/m1/s1. The third-order valence-electron chi connectivity index (χ3n) is 6.96. The highest BCUT2D eigenvalue weighted by molar-refractivity contribution is 7.92. The van der Waals surface area contributed by atoms with Gasteiger partial charge in [0.25, 0.3) is 10.0 Å². The van der Waals surface area contributed by atoms with Crippen molar-refractivity contribution in [2.45, 2.75) is 44.2 Å². The second-order valence-electron chi connectivity index (χ2n) is 10.3. The van der Waals surface area contributed by atoms with Gasteiger partial charge in [0.05, 0.1) is 10.6 Å². The second-order valence-corrected chi connectivity index (χ2v) is 12.6. The lowest BCUT2D eigenvalue weighted by atomic mass is 10.0. The summed E-state index contributed by atoms with van der Waals surface area (Å²) in [5.41, 5.74) is 2.79. The number of anilines is 1. The highest BCUT2D eigenvalue weighted by Gasteiger charge is 2.34. The van der Waals surface area contributed by atoms with Gasteiger partial charge in [0.2, 0.25) is 11.8 Å². The molecular weight excluding hydrogens is 582 g/mol. The fraction of sp³-hybridized carbons (Fsp3) is 0.235. The molecule has 2 amide bonds. The summed E-state index contributed by atoms with van der Waals surface area (Å²) >= 11 is 6.28. The molecule has 4 aromatic rings. The summed E-state index contributed by atoms with van der Waals surface area (Å²) in [6.07, 6.45) is 0.973. The van der Waals surface area contributed by atoms with Crippen LogP contribution in [-0.4, -0.2) is 44.3 Å². The molecule has 0 aliphatic heterocycles. The number of amides is 2. The van der Waals surface area contributed by atoms with E-state index in [1.165, 1.54) is 17.0 Å². The average molecular weight is 618 g/mol. The molecular formula is C34H36ClN3O4S. The van der Waals surface area contributed by atoms with Crippen LogP contribution in [0.5, 0.6) is 0 Å². The van der Waals surface area contributed by atoms with E-state index in [4.69, 9.17) is 11.6 Å². The molecule has 4 rings (SSSR count). The Bertz CT molecular complexity index is 1630. The minimum Gasteiger partial charge on any atom is -0.354 e. The maximum atomic E-state index is 14.4. The number of carbonyl (C=O) groups excluding carboxylic acids is 2. The number of aryl methyl sites for hydroxylation is 1. The van der Waals surface area contributed by atoms with Gasteiger partial charge in [0, 0.05) is 24.5 Å². The molecule has 9 heteroatoms. The van der Waals surface area contributed by atoms with Gasteiger partial charge in [-0.1, -0.05) is 91.3 Å². The number of nitrogens with one attached hydrogen (secondary N) is 1. The third-order valence-corrected chi connectivity index (χ3v) is 8.99. The monoisotopic (exact) mass is 617 g/mol. The molecule has 0 aliphatic rings. The molecule has 0 unspecified atom stereocenters.